The van der Waals surface area contributed by atoms with E-state index in [1.165, 1.54) is 20.9 Å². The Morgan fingerprint density at radius 3 is 2.43 bits per heavy atom. The summed E-state index contributed by atoms with van der Waals surface area (Å²) in [4.78, 5) is 2.85. The van der Waals surface area contributed by atoms with Gasteiger partial charge in [-0.15, -0.1) is 11.3 Å². The molecule has 2 rings (SSSR count). The number of aryl methyl sites for hydroxylation is 2. The molecule has 0 radical (unpaired) electrons. The van der Waals surface area contributed by atoms with Gasteiger partial charge in [-0.05, 0) is 37.1 Å². The Balaban J connectivity index is 2.23. The Kier molecular flexibility index (Phi) is 2.69. The van der Waals surface area contributed by atoms with Gasteiger partial charge in [0.15, 0.2) is 0 Å². The van der Waals surface area contributed by atoms with Crippen LogP contribution in [0.3, 0.4) is 0 Å². The smallest absolute Gasteiger partial charge is 0.00919 e. The highest BCUT2D eigenvalue weighted by Crippen LogP contribution is 2.20. The number of hydrogen-bond acceptors (Lipinski definition) is 1. The van der Waals surface area contributed by atoms with E-state index in [9.17, 15) is 0 Å². The highest BCUT2D eigenvalue weighted by molar-refractivity contribution is 7.11. The topological polar surface area (TPSA) is 0 Å². The van der Waals surface area contributed by atoms with E-state index in [0.717, 1.165) is 6.42 Å². The molecule has 0 fully saturated rings. The van der Waals surface area contributed by atoms with Crippen LogP contribution in [0.25, 0.3) is 0 Å². The summed E-state index contributed by atoms with van der Waals surface area (Å²) in [5.41, 5.74) is 2.83. The fourth-order valence-corrected chi connectivity index (χ4v) is 2.49. The lowest BCUT2D eigenvalue weighted by molar-refractivity contribution is 1.19. The lowest BCUT2D eigenvalue weighted by Crippen LogP contribution is -1.87. The van der Waals surface area contributed by atoms with Gasteiger partial charge in [-0.3, -0.25) is 0 Å². The first-order valence-electron chi connectivity index (χ1n) is 4.85. The molecular weight excluding hydrogens is 188 g/mol. The average molecular weight is 202 g/mol. The van der Waals surface area contributed by atoms with E-state index in [2.05, 4.69) is 50.2 Å². The molecule has 0 aliphatic rings. The summed E-state index contributed by atoms with van der Waals surface area (Å²) in [7, 11) is 0. The Morgan fingerprint density at radius 2 is 1.79 bits per heavy atom. The molecule has 0 amide bonds. The minimum atomic E-state index is 1.07. The van der Waals surface area contributed by atoms with Crippen LogP contribution in [0.15, 0.2) is 36.4 Å². The van der Waals surface area contributed by atoms with Crippen LogP contribution in [0, 0.1) is 13.8 Å². The summed E-state index contributed by atoms with van der Waals surface area (Å²) in [5, 5.41) is 0. The van der Waals surface area contributed by atoms with E-state index in [1.54, 1.807) is 0 Å². The maximum atomic E-state index is 2.23. The van der Waals surface area contributed by atoms with Gasteiger partial charge in [0.2, 0.25) is 0 Å². The molecule has 1 aromatic heterocycles. The number of benzene rings is 1. The lowest BCUT2D eigenvalue weighted by atomic mass is 10.1. The van der Waals surface area contributed by atoms with Gasteiger partial charge >= 0.3 is 0 Å². The molecule has 14 heavy (non-hydrogen) atoms. The van der Waals surface area contributed by atoms with E-state index in [0.29, 0.717) is 0 Å². The second kappa shape index (κ2) is 3.97. The molecule has 0 saturated heterocycles. The molecule has 0 bridgehead atoms. The minimum Gasteiger partial charge on any atom is -0.145 e. The third kappa shape index (κ3) is 2.05. The first-order chi connectivity index (χ1) is 6.75. The first kappa shape index (κ1) is 9.47. The minimum absolute atomic E-state index is 1.07. The van der Waals surface area contributed by atoms with Crippen LogP contribution in [0.1, 0.15) is 20.9 Å². The van der Waals surface area contributed by atoms with Crippen molar-refractivity contribution >= 4 is 11.3 Å². The first-order valence-corrected chi connectivity index (χ1v) is 5.67. The fraction of sp³-hybridized carbons (Fsp3) is 0.231. The van der Waals surface area contributed by atoms with Gasteiger partial charge in [0.05, 0.1) is 0 Å². The maximum absolute atomic E-state index is 2.23. The zero-order chi connectivity index (χ0) is 9.97. The Labute approximate surface area is 89.2 Å². The molecule has 0 N–H and O–H groups in total. The largest absolute Gasteiger partial charge is 0.145 e. The van der Waals surface area contributed by atoms with Crippen LogP contribution < -0.4 is 0 Å². The summed E-state index contributed by atoms with van der Waals surface area (Å²) < 4.78 is 0. The van der Waals surface area contributed by atoms with E-state index in [1.807, 2.05) is 11.3 Å². The fourth-order valence-electron chi connectivity index (χ4n) is 1.58. The summed E-state index contributed by atoms with van der Waals surface area (Å²) in [6.07, 6.45) is 1.07. The second-order valence-electron chi connectivity index (χ2n) is 3.62. The molecule has 0 nitrogen and oxygen atoms in total. The molecule has 1 heteroatoms. The zero-order valence-corrected chi connectivity index (χ0v) is 9.40. The monoisotopic (exact) mass is 202 g/mol. The molecule has 0 spiro atoms. The number of rotatable bonds is 2. The average Bonchev–Trinajstić information content (AvgIpc) is 2.56. The van der Waals surface area contributed by atoms with Crippen LogP contribution >= 0.6 is 11.3 Å². The molecule has 1 heterocycles. The van der Waals surface area contributed by atoms with Crippen LogP contribution in [0.2, 0.25) is 0 Å². The van der Waals surface area contributed by atoms with E-state index >= 15 is 0 Å². The summed E-state index contributed by atoms with van der Waals surface area (Å²) in [5.74, 6) is 0. The van der Waals surface area contributed by atoms with Crippen LogP contribution in [0.5, 0.6) is 0 Å². The van der Waals surface area contributed by atoms with Crippen molar-refractivity contribution in [3.8, 4) is 0 Å². The van der Waals surface area contributed by atoms with Crippen LogP contribution in [-0.2, 0) is 6.42 Å². The van der Waals surface area contributed by atoms with Crippen molar-refractivity contribution in [3.05, 3.63) is 57.3 Å². The molecule has 0 aliphatic heterocycles. The molecule has 72 valence electrons. The van der Waals surface area contributed by atoms with Crippen molar-refractivity contribution in [1.82, 2.24) is 0 Å². The Morgan fingerprint density at radius 1 is 1.00 bits per heavy atom. The normalized spacial score (nSPS) is 10.4. The lowest BCUT2D eigenvalue weighted by Gasteiger charge is -2.02. The molecule has 0 atom stereocenters. The SMILES string of the molecule is Cc1ccc(Cc2ccccc2C)s1. The predicted molar refractivity (Wildman–Crippen MR) is 63.0 cm³/mol. The summed E-state index contributed by atoms with van der Waals surface area (Å²) in [6, 6.07) is 13.0. The Hall–Kier alpha value is -1.08. The van der Waals surface area contributed by atoms with E-state index in [4.69, 9.17) is 0 Å². The third-order valence-electron chi connectivity index (χ3n) is 2.42. The number of thiophene rings is 1. The van der Waals surface area contributed by atoms with E-state index < -0.39 is 0 Å². The molecular formula is C13H14S. The van der Waals surface area contributed by atoms with Gasteiger partial charge in [0.1, 0.15) is 0 Å². The van der Waals surface area contributed by atoms with Crippen molar-refractivity contribution in [2.45, 2.75) is 20.3 Å². The van der Waals surface area contributed by atoms with Gasteiger partial charge in [0.25, 0.3) is 0 Å². The van der Waals surface area contributed by atoms with Crippen LogP contribution in [0.4, 0.5) is 0 Å². The Bertz CT molecular complexity index is 426. The molecule has 1 aromatic carbocycles. The van der Waals surface area contributed by atoms with Crippen molar-refractivity contribution in [3.63, 3.8) is 0 Å². The van der Waals surface area contributed by atoms with Gasteiger partial charge in [0, 0.05) is 16.2 Å². The highest BCUT2D eigenvalue weighted by Gasteiger charge is 2.00. The van der Waals surface area contributed by atoms with Crippen molar-refractivity contribution in [1.29, 1.82) is 0 Å². The second-order valence-corrected chi connectivity index (χ2v) is 4.99. The maximum Gasteiger partial charge on any atom is 0.00919 e. The van der Waals surface area contributed by atoms with Gasteiger partial charge < -0.3 is 0 Å². The quantitative estimate of drug-likeness (QED) is 0.691. The van der Waals surface area contributed by atoms with E-state index in [-0.39, 0.29) is 0 Å². The van der Waals surface area contributed by atoms with Crippen molar-refractivity contribution < 1.29 is 0 Å². The molecule has 0 aliphatic carbocycles. The summed E-state index contributed by atoms with van der Waals surface area (Å²) in [6.45, 7) is 4.34. The van der Waals surface area contributed by atoms with Crippen molar-refractivity contribution in [2.24, 2.45) is 0 Å². The number of hydrogen-bond donors (Lipinski definition) is 0. The molecule has 0 saturated carbocycles. The van der Waals surface area contributed by atoms with Gasteiger partial charge in [-0.1, -0.05) is 24.3 Å². The predicted octanol–water partition coefficient (Wildman–Crippen LogP) is 3.96. The van der Waals surface area contributed by atoms with Gasteiger partial charge in [-0.2, -0.15) is 0 Å². The van der Waals surface area contributed by atoms with Crippen LogP contribution in [-0.4, -0.2) is 0 Å². The molecule has 0 unspecified atom stereocenters. The third-order valence-corrected chi connectivity index (χ3v) is 3.42. The van der Waals surface area contributed by atoms with Gasteiger partial charge in [-0.25, -0.2) is 0 Å². The molecule has 2 aromatic rings. The van der Waals surface area contributed by atoms with Crippen molar-refractivity contribution in [2.75, 3.05) is 0 Å². The zero-order valence-electron chi connectivity index (χ0n) is 8.58. The highest BCUT2D eigenvalue weighted by atomic mass is 32.1. The summed E-state index contributed by atoms with van der Waals surface area (Å²) >= 11 is 1.89. The standard InChI is InChI=1S/C13H14S/c1-10-5-3-4-6-12(10)9-13-8-7-11(2)14-13/h3-8H,9H2,1-2H3.